The van der Waals surface area contributed by atoms with Crippen molar-refractivity contribution >= 4 is 11.6 Å². The Balaban J connectivity index is 1.55. The van der Waals surface area contributed by atoms with Gasteiger partial charge in [0.2, 0.25) is 0 Å². The summed E-state index contributed by atoms with van der Waals surface area (Å²) in [4.78, 5) is 16.4. The molecule has 1 heterocycles. The Labute approximate surface area is 171 Å². The van der Waals surface area contributed by atoms with Crippen LogP contribution in [0.4, 0.5) is 5.69 Å². The third kappa shape index (κ3) is 6.07. The lowest BCUT2D eigenvalue weighted by Gasteiger charge is -2.15. The maximum atomic E-state index is 12.3. The molecule has 1 aromatic heterocycles. The van der Waals surface area contributed by atoms with Crippen molar-refractivity contribution in [2.45, 2.75) is 32.8 Å². The van der Waals surface area contributed by atoms with Crippen molar-refractivity contribution in [2.24, 2.45) is 0 Å². The van der Waals surface area contributed by atoms with Crippen LogP contribution in [0.15, 0.2) is 73.1 Å². The first-order chi connectivity index (χ1) is 14.2. The fourth-order valence-corrected chi connectivity index (χ4v) is 2.89. The summed E-state index contributed by atoms with van der Waals surface area (Å²) >= 11 is 0. The molecule has 0 aliphatic rings. The summed E-state index contributed by atoms with van der Waals surface area (Å²) in [5.41, 5.74) is 2.77. The molecule has 2 aromatic carbocycles. The van der Waals surface area contributed by atoms with Crippen LogP contribution in [0.3, 0.4) is 0 Å². The normalized spacial score (nSPS) is 11.5. The van der Waals surface area contributed by atoms with Gasteiger partial charge in [-0.3, -0.25) is 9.78 Å². The number of benzene rings is 2. The molecule has 3 rings (SSSR count). The molecular weight excluding hydrogens is 364 g/mol. The zero-order valence-electron chi connectivity index (χ0n) is 16.8. The molecule has 0 saturated heterocycles. The fraction of sp³-hybridized carbons (Fsp3) is 0.250. The highest BCUT2D eigenvalue weighted by atomic mass is 16.5. The Morgan fingerprint density at radius 3 is 2.72 bits per heavy atom. The quantitative estimate of drug-likeness (QED) is 0.546. The predicted octanol–water partition coefficient (Wildman–Crippen LogP) is 5.19. The largest absolute Gasteiger partial charge is 0.489 e. The van der Waals surface area contributed by atoms with Gasteiger partial charge in [-0.25, -0.2) is 0 Å². The second kappa shape index (κ2) is 10.3. The van der Waals surface area contributed by atoms with Gasteiger partial charge in [0.15, 0.2) is 6.61 Å². The highest BCUT2D eigenvalue weighted by Gasteiger charge is 2.11. The third-order valence-corrected chi connectivity index (χ3v) is 4.67. The Morgan fingerprint density at radius 1 is 1.07 bits per heavy atom. The topological polar surface area (TPSA) is 60.5 Å². The molecular formula is C24H26N2O3. The maximum Gasteiger partial charge on any atom is 0.262 e. The van der Waals surface area contributed by atoms with E-state index in [2.05, 4.69) is 24.1 Å². The van der Waals surface area contributed by atoms with Gasteiger partial charge in [0.1, 0.15) is 18.1 Å². The minimum atomic E-state index is -0.214. The summed E-state index contributed by atoms with van der Waals surface area (Å²) < 4.78 is 11.6. The van der Waals surface area contributed by atoms with Crippen LogP contribution >= 0.6 is 0 Å². The zero-order chi connectivity index (χ0) is 20.5. The molecule has 1 atom stereocenters. The number of carbonyl (C=O) groups excluding carboxylic acids is 1. The Hall–Kier alpha value is -3.34. The summed E-state index contributed by atoms with van der Waals surface area (Å²) in [6.07, 6.45) is 4.50. The lowest BCUT2D eigenvalue weighted by molar-refractivity contribution is -0.118. The molecule has 1 N–H and O–H groups in total. The number of hydrogen-bond acceptors (Lipinski definition) is 4. The van der Waals surface area contributed by atoms with E-state index < -0.39 is 0 Å². The van der Waals surface area contributed by atoms with E-state index in [0.29, 0.717) is 24.0 Å². The summed E-state index contributed by atoms with van der Waals surface area (Å²) in [6, 6.07) is 19.0. The number of rotatable bonds is 9. The van der Waals surface area contributed by atoms with Crippen molar-refractivity contribution in [1.29, 1.82) is 0 Å². The Morgan fingerprint density at radius 2 is 1.93 bits per heavy atom. The van der Waals surface area contributed by atoms with Gasteiger partial charge in [0.25, 0.3) is 5.91 Å². The Kier molecular flexibility index (Phi) is 7.22. The smallest absolute Gasteiger partial charge is 0.262 e. The molecule has 0 spiro atoms. The number of aromatic nitrogens is 1. The number of carbonyl (C=O) groups is 1. The standard InChI is InChI=1S/C24H26N2O3/c1-3-18(2)22-11-4-5-12-23(22)29-17-24(27)26-20-9-6-10-21(14-20)28-16-19-8-7-13-25-15-19/h4-15,18H,3,16-17H2,1-2H3,(H,26,27). The third-order valence-electron chi connectivity index (χ3n) is 4.67. The van der Waals surface area contributed by atoms with Gasteiger partial charge in [-0.2, -0.15) is 0 Å². The molecule has 1 unspecified atom stereocenters. The number of amides is 1. The SMILES string of the molecule is CCC(C)c1ccccc1OCC(=O)Nc1cccc(OCc2cccnc2)c1. The van der Waals surface area contributed by atoms with Gasteiger partial charge in [-0.15, -0.1) is 0 Å². The second-order valence-corrected chi connectivity index (χ2v) is 6.86. The average molecular weight is 390 g/mol. The van der Waals surface area contributed by atoms with E-state index >= 15 is 0 Å². The number of para-hydroxylation sites is 1. The van der Waals surface area contributed by atoms with E-state index in [1.54, 1.807) is 18.5 Å². The molecule has 150 valence electrons. The van der Waals surface area contributed by atoms with E-state index in [1.807, 2.05) is 54.6 Å². The van der Waals surface area contributed by atoms with Gasteiger partial charge in [-0.05, 0) is 42.2 Å². The van der Waals surface area contributed by atoms with Crippen LogP contribution in [0.2, 0.25) is 0 Å². The second-order valence-electron chi connectivity index (χ2n) is 6.86. The first kappa shape index (κ1) is 20.4. The van der Waals surface area contributed by atoms with Crippen LogP contribution < -0.4 is 14.8 Å². The molecule has 0 radical (unpaired) electrons. The van der Waals surface area contributed by atoms with Gasteiger partial charge >= 0.3 is 0 Å². The minimum absolute atomic E-state index is 0.0474. The fourth-order valence-electron chi connectivity index (χ4n) is 2.89. The number of hydrogen-bond donors (Lipinski definition) is 1. The van der Waals surface area contributed by atoms with Gasteiger partial charge < -0.3 is 14.8 Å². The zero-order valence-corrected chi connectivity index (χ0v) is 16.8. The molecule has 1 amide bonds. The maximum absolute atomic E-state index is 12.3. The summed E-state index contributed by atoms with van der Waals surface area (Å²) in [5, 5.41) is 2.86. The van der Waals surface area contributed by atoms with Crippen molar-refractivity contribution in [3.05, 3.63) is 84.2 Å². The molecule has 0 saturated carbocycles. The molecule has 0 aliphatic heterocycles. The van der Waals surface area contributed by atoms with Crippen LogP contribution in [0.1, 0.15) is 37.3 Å². The monoisotopic (exact) mass is 390 g/mol. The Bertz CT molecular complexity index is 928. The van der Waals surface area contributed by atoms with Crippen molar-refractivity contribution in [3.8, 4) is 11.5 Å². The van der Waals surface area contributed by atoms with E-state index in [-0.39, 0.29) is 12.5 Å². The number of nitrogens with one attached hydrogen (secondary N) is 1. The average Bonchev–Trinajstić information content (AvgIpc) is 2.77. The molecule has 0 bridgehead atoms. The molecule has 5 heteroatoms. The molecule has 5 nitrogen and oxygen atoms in total. The van der Waals surface area contributed by atoms with E-state index in [4.69, 9.17) is 9.47 Å². The molecule has 0 fully saturated rings. The van der Waals surface area contributed by atoms with E-state index in [1.165, 1.54) is 0 Å². The first-order valence-electron chi connectivity index (χ1n) is 9.79. The lowest BCUT2D eigenvalue weighted by Crippen LogP contribution is -2.20. The van der Waals surface area contributed by atoms with Crippen LogP contribution in [0.5, 0.6) is 11.5 Å². The highest BCUT2D eigenvalue weighted by Crippen LogP contribution is 2.28. The molecule has 0 aliphatic carbocycles. The van der Waals surface area contributed by atoms with Crippen molar-refractivity contribution in [1.82, 2.24) is 4.98 Å². The summed E-state index contributed by atoms with van der Waals surface area (Å²) in [6.45, 7) is 4.66. The number of anilines is 1. The highest BCUT2D eigenvalue weighted by molar-refractivity contribution is 5.92. The molecule has 3 aromatic rings. The van der Waals surface area contributed by atoms with Gasteiger partial charge in [0, 0.05) is 29.7 Å². The van der Waals surface area contributed by atoms with E-state index in [0.717, 1.165) is 23.3 Å². The molecule has 29 heavy (non-hydrogen) atoms. The van der Waals surface area contributed by atoms with Gasteiger partial charge in [-0.1, -0.05) is 44.2 Å². The minimum Gasteiger partial charge on any atom is -0.489 e. The van der Waals surface area contributed by atoms with Crippen molar-refractivity contribution < 1.29 is 14.3 Å². The van der Waals surface area contributed by atoms with Crippen LogP contribution in [0, 0.1) is 0 Å². The van der Waals surface area contributed by atoms with Crippen molar-refractivity contribution in [2.75, 3.05) is 11.9 Å². The lowest BCUT2D eigenvalue weighted by atomic mass is 9.98. The van der Waals surface area contributed by atoms with Crippen molar-refractivity contribution in [3.63, 3.8) is 0 Å². The number of nitrogens with zero attached hydrogens (tertiary/aromatic N) is 1. The van der Waals surface area contributed by atoms with Crippen LogP contribution in [-0.4, -0.2) is 17.5 Å². The van der Waals surface area contributed by atoms with Gasteiger partial charge in [0.05, 0.1) is 0 Å². The first-order valence-corrected chi connectivity index (χ1v) is 9.79. The summed E-state index contributed by atoms with van der Waals surface area (Å²) in [7, 11) is 0. The van der Waals surface area contributed by atoms with Crippen LogP contribution in [-0.2, 0) is 11.4 Å². The number of ether oxygens (including phenoxy) is 2. The number of pyridine rings is 1. The van der Waals surface area contributed by atoms with E-state index in [9.17, 15) is 4.79 Å². The summed E-state index contributed by atoms with van der Waals surface area (Å²) in [5.74, 6) is 1.59. The van der Waals surface area contributed by atoms with Crippen LogP contribution in [0.25, 0.3) is 0 Å². The predicted molar refractivity (Wildman–Crippen MR) is 114 cm³/mol.